The lowest BCUT2D eigenvalue weighted by atomic mass is 9.96. The van der Waals surface area contributed by atoms with Crippen LogP contribution in [0.25, 0.3) is 0 Å². The summed E-state index contributed by atoms with van der Waals surface area (Å²) in [5, 5.41) is 10.1. The molecule has 2 fully saturated rings. The lowest BCUT2D eigenvalue weighted by Gasteiger charge is -2.39. The van der Waals surface area contributed by atoms with E-state index in [1.807, 2.05) is 4.98 Å². The van der Waals surface area contributed by atoms with Gasteiger partial charge in [0.15, 0.2) is 11.8 Å². The monoisotopic (exact) mass is 432 g/mol. The maximum atomic E-state index is 13.8. The van der Waals surface area contributed by atoms with Crippen LogP contribution in [0.3, 0.4) is 0 Å². The van der Waals surface area contributed by atoms with E-state index >= 15 is 0 Å². The molecule has 0 aliphatic carbocycles. The predicted octanol–water partition coefficient (Wildman–Crippen LogP) is 1.03. The van der Waals surface area contributed by atoms with Crippen molar-refractivity contribution in [1.29, 1.82) is 0 Å². The SMILES string of the molecule is CC(C)OP1(=O)OC[C@@]2(C(F)F)O[C@@H](n3cc(Cl)c(=O)[nH]c3=O)[C@@H](O)[C@@H]2O1. The van der Waals surface area contributed by atoms with Crippen molar-refractivity contribution in [2.75, 3.05) is 6.61 Å². The lowest BCUT2D eigenvalue weighted by molar-refractivity contribution is -0.208. The summed E-state index contributed by atoms with van der Waals surface area (Å²) in [5.74, 6) is 0. The molecule has 10 nitrogen and oxygen atoms in total. The molecule has 3 rings (SSSR count). The summed E-state index contributed by atoms with van der Waals surface area (Å²) in [7, 11) is -4.25. The van der Waals surface area contributed by atoms with Crippen molar-refractivity contribution in [3.63, 3.8) is 0 Å². The first-order valence-electron chi connectivity index (χ1n) is 7.75. The van der Waals surface area contributed by atoms with Crippen LogP contribution in [0.2, 0.25) is 5.02 Å². The number of aliphatic hydroxyl groups is 1. The number of hydrogen-bond acceptors (Lipinski definition) is 8. The second-order valence-corrected chi connectivity index (χ2v) is 8.28. The molecule has 14 heteroatoms. The molecule has 0 bridgehead atoms. The first kappa shape index (κ1) is 20.6. The number of ether oxygens (including phenoxy) is 1. The van der Waals surface area contributed by atoms with E-state index in [0.29, 0.717) is 4.57 Å². The minimum atomic E-state index is -4.25. The van der Waals surface area contributed by atoms with E-state index in [1.165, 1.54) is 13.8 Å². The van der Waals surface area contributed by atoms with Crippen LogP contribution in [0.5, 0.6) is 0 Å². The molecule has 2 aliphatic rings. The summed E-state index contributed by atoms with van der Waals surface area (Å²) < 4.78 is 60.9. The summed E-state index contributed by atoms with van der Waals surface area (Å²) in [6.07, 6.45) is -8.43. The summed E-state index contributed by atoms with van der Waals surface area (Å²) in [5.41, 5.74) is -4.47. The van der Waals surface area contributed by atoms with Gasteiger partial charge in [0.1, 0.15) is 17.2 Å². The standard InChI is InChI=1S/C13H16ClF2N2O8P/c1-5(2)25-27(22)23-4-13(11(15)16)8(26-27)7(19)10(24-13)18-3-6(14)9(20)17-12(18)21/h3,5,7-8,10-11,19H,4H2,1-2H3,(H,17,20,21)/t7-,8-,10+,13+,27?/m0/s1. The van der Waals surface area contributed by atoms with E-state index in [1.54, 1.807) is 0 Å². The zero-order valence-electron chi connectivity index (χ0n) is 14.0. The molecule has 0 amide bonds. The second kappa shape index (κ2) is 7.03. The van der Waals surface area contributed by atoms with Gasteiger partial charge in [0, 0.05) is 6.20 Å². The molecule has 3 heterocycles. The Kier molecular flexibility index (Phi) is 5.36. The highest BCUT2D eigenvalue weighted by atomic mass is 35.5. The number of rotatable bonds is 4. The number of halogens is 3. The molecule has 2 saturated heterocycles. The third-order valence-electron chi connectivity index (χ3n) is 4.02. The van der Waals surface area contributed by atoms with Crippen molar-refractivity contribution < 1.29 is 36.8 Å². The first-order valence-corrected chi connectivity index (χ1v) is 9.59. The quantitative estimate of drug-likeness (QED) is 0.675. The Morgan fingerprint density at radius 2 is 2.15 bits per heavy atom. The van der Waals surface area contributed by atoms with Gasteiger partial charge in [-0.3, -0.25) is 27.9 Å². The van der Waals surface area contributed by atoms with Crippen molar-refractivity contribution in [3.05, 3.63) is 32.1 Å². The molecule has 152 valence electrons. The number of nitrogens with one attached hydrogen (secondary N) is 1. The fourth-order valence-electron chi connectivity index (χ4n) is 2.84. The number of H-pyrrole nitrogens is 1. The van der Waals surface area contributed by atoms with Crippen LogP contribution in [-0.2, 0) is 22.9 Å². The van der Waals surface area contributed by atoms with Gasteiger partial charge in [-0.25, -0.2) is 18.1 Å². The van der Waals surface area contributed by atoms with Crippen LogP contribution in [0, 0.1) is 0 Å². The summed E-state index contributed by atoms with van der Waals surface area (Å²) in [6, 6.07) is 0. The van der Waals surface area contributed by atoms with E-state index in [4.69, 9.17) is 29.9 Å². The molecule has 1 unspecified atom stereocenters. The van der Waals surface area contributed by atoms with Crippen LogP contribution >= 0.6 is 19.4 Å². The summed E-state index contributed by atoms with van der Waals surface area (Å²) in [4.78, 5) is 25.2. The molecule has 0 spiro atoms. The highest BCUT2D eigenvalue weighted by Crippen LogP contribution is 2.61. The first-order chi connectivity index (χ1) is 12.5. The normalized spacial score (nSPS) is 36.4. The number of aliphatic hydroxyl groups excluding tert-OH is 1. The smallest absolute Gasteiger partial charge is 0.386 e. The Bertz CT molecular complexity index is 892. The molecule has 2 N–H and O–H groups in total. The molecule has 1 aromatic heterocycles. The number of phosphoric ester groups is 1. The minimum absolute atomic E-state index is 0.433. The molecule has 2 aliphatic heterocycles. The molecule has 0 saturated carbocycles. The Morgan fingerprint density at radius 1 is 1.48 bits per heavy atom. The maximum absolute atomic E-state index is 13.8. The van der Waals surface area contributed by atoms with Gasteiger partial charge in [-0.05, 0) is 13.8 Å². The average Bonchev–Trinajstić information content (AvgIpc) is 2.84. The predicted molar refractivity (Wildman–Crippen MR) is 85.8 cm³/mol. The number of phosphoric acid groups is 1. The maximum Gasteiger partial charge on any atom is 0.475 e. The molecule has 0 radical (unpaired) electrons. The van der Waals surface area contributed by atoms with Crippen LogP contribution in [0.4, 0.5) is 8.78 Å². The van der Waals surface area contributed by atoms with E-state index in [2.05, 4.69) is 0 Å². The highest BCUT2D eigenvalue weighted by Gasteiger charge is 2.67. The number of fused-ring (bicyclic) bond motifs is 1. The van der Waals surface area contributed by atoms with Gasteiger partial charge in [0.05, 0.1) is 12.7 Å². The fraction of sp³-hybridized carbons (Fsp3) is 0.692. The van der Waals surface area contributed by atoms with Gasteiger partial charge in [0.2, 0.25) is 0 Å². The van der Waals surface area contributed by atoms with Crippen LogP contribution in [0.1, 0.15) is 20.1 Å². The Morgan fingerprint density at radius 3 is 2.74 bits per heavy atom. The lowest BCUT2D eigenvalue weighted by Crippen LogP contribution is -2.56. The average molecular weight is 433 g/mol. The Balaban J connectivity index is 2.01. The third kappa shape index (κ3) is 3.51. The van der Waals surface area contributed by atoms with Gasteiger partial charge in [-0.15, -0.1) is 0 Å². The summed E-state index contributed by atoms with van der Waals surface area (Å²) >= 11 is 5.66. The highest BCUT2D eigenvalue weighted by molar-refractivity contribution is 7.48. The van der Waals surface area contributed by atoms with E-state index in [-0.39, 0.29) is 0 Å². The van der Waals surface area contributed by atoms with Crippen LogP contribution < -0.4 is 11.2 Å². The van der Waals surface area contributed by atoms with Gasteiger partial charge >= 0.3 is 13.5 Å². The number of aromatic amines is 1. The van der Waals surface area contributed by atoms with Gasteiger partial charge < -0.3 is 9.84 Å². The zero-order chi connectivity index (χ0) is 20.1. The fourth-order valence-corrected chi connectivity index (χ4v) is 4.62. The van der Waals surface area contributed by atoms with Gasteiger partial charge in [0.25, 0.3) is 12.0 Å². The van der Waals surface area contributed by atoms with Gasteiger partial charge in [-0.2, -0.15) is 0 Å². The van der Waals surface area contributed by atoms with E-state index in [9.17, 15) is 28.0 Å². The number of nitrogens with zero attached hydrogens (tertiary/aromatic N) is 1. The van der Waals surface area contributed by atoms with Crippen molar-refractivity contribution in [2.45, 2.75) is 50.4 Å². The molecular weight excluding hydrogens is 417 g/mol. The van der Waals surface area contributed by atoms with Crippen molar-refractivity contribution in [2.24, 2.45) is 0 Å². The molecule has 1 aromatic rings. The van der Waals surface area contributed by atoms with Crippen molar-refractivity contribution >= 4 is 19.4 Å². The number of hydrogen-bond donors (Lipinski definition) is 2. The molecule has 5 atom stereocenters. The van der Waals surface area contributed by atoms with Crippen molar-refractivity contribution in [3.8, 4) is 0 Å². The van der Waals surface area contributed by atoms with E-state index in [0.717, 1.165) is 6.20 Å². The number of aromatic nitrogens is 2. The molecular formula is C13H16ClF2N2O8P. The molecule has 27 heavy (non-hydrogen) atoms. The van der Waals surface area contributed by atoms with Crippen LogP contribution in [-0.4, -0.2) is 51.6 Å². The van der Waals surface area contributed by atoms with Gasteiger partial charge in [-0.1, -0.05) is 11.6 Å². The second-order valence-electron chi connectivity index (χ2n) is 6.30. The van der Waals surface area contributed by atoms with Crippen molar-refractivity contribution in [1.82, 2.24) is 9.55 Å². The van der Waals surface area contributed by atoms with E-state index < -0.39 is 67.3 Å². The minimum Gasteiger partial charge on any atom is -0.386 e. The van der Waals surface area contributed by atoms with Crippen LogP contribution in [0.15, 0.2) is 15.8 Å². The number of alkyl halides is 2. The zero-order valence-corrected chi connectivity index (χ0v) is 15.7. The molecule has 0 aromatic carbocycles. The largest absolute Gasteiger partial charge is 0.475 e. The Hall–Kier alpha value is -1.14. The third-order valence-corrected chi connectivity index (χ3v) is 5.90. The topological polar surface area (TPSA) is 129 Å². The summed E-state index contributed by atoms with van der Waals surface area (Å²) in [6.45, 7) is 2.12. The Labute approximate surface area is 155 Å².